The Morgan fingerprint density at radius 3 is 2.12 bits per heavy atom. The van der Waals surface area contributed by atoms with E-state index in [-0.39, 0.29) is 5.82 Å². The smallest absolute Gasteiger partial charge is 0.232 e. The van der Waals surface area contributed by atoms with Crippen LogP contribution in [0.4, 0.5) is 4.39 Å². The largest absolute Gasteiger partial charge is 0.271 e. The molecule has 7 nitrogen and oxygen atoms in total. The standard InChI is InChI=1S/C16H10FN3.H4N2O2S/c17-13-8-6-12(7-9-13)16-10-14(11-18)19-20(16)15-4-2-1-3-5-15;1-5(2,3)4/h1-10H;(H4,1,2,3,4). The topological polar surface area (TPSA) is 128 Å². The molecule has 0 aliphatic heterocycles. The second-order valence-electron chi connectivity index (χ2n) is 4.87. The number of halogens is 1. The van der Waals surface area contributed by atoms with Crippen LogP contribution < -0.4 is 10.3 Å². The number of rotatable bonds is 2. The molecule has 4 N–H and O–H groups in total. The van der Waals surface area contributed by atoms with E-state index in [1.165, 1.54) is 12.1 Å². The van der Waals surface area contributed by atoms with Gasteiger partial charge in [-0.2, -0.15) is 18.8 Å². The van der Waals surface area contributed by atoms with Crippen LogP contribution in [0.5, 0.6) is 0 Å². The highest BCUT2D eigenvalue weighted by Gasteiger charge is 2.11. The van der Waals surface area contributed by atoms with Crippen molar-refractivity contribution in [2.24, 2.45) is 10.3 Å². The van der Waals surface area contributed by atoms with Crippen LogP contribution in [-0.2, 0) is 10.2 Å². The number of para-hydroxylation sites is 1. The number of benzene rings is 2. The van der Waals surface area contributed by atoms with Crippen LogP contribution in [0.2, 0.25) is 0 Å². The van der Waals surface area contributed by atoms with E-state index in [0.29, 0.717) is 5.69 Å². The quantitative estimate of drug-likeness (QED) is 0.721. The Kier molecular flexibility index (Phi) is 5.61. The molecule has 0 radical (unpaired) electrons. The zero-order valence-corrected chi connectivity index (χ0v) is 13.7. The minimum atomic E-state index is -3.67. The van der Waals surface area contributed by atoms with Crippen molar-refractivity contribution in [1.29, 1.82) is 5.26 Å². The van der Waals surface area contributed by atoms with Crippen LogP contribution in [0.1, 0.15) is 5.69 Å². The minimum absolute atomic E-state index is 0.292. The Hall–Kier alpha value is -3.06. The molecule has 3 aromatic rings. The summed E-state index contributed by atoms with van der Waals surface area (Å²) >= 11 is 0. The maximum absolute atomic E-state index is 13.0. The van der Waals surface area contributed by atoms with Crippen molar-refractivity contribution in [3.63, 3.8) is 0 Å². The third-order valence-corrected chi connectivity index (χ3v) is 2.96. The van der Waals surface area contributed by atoms with Gasteiger partial charge in [-0.1, -0.05) is 18.2 Å². The molecular formula is C16H14FN5O2S. The van der Waals surface area contributed by atoms with Gasteiger partial charge in [-0.05, 0) is 36.4 Å². The van der Waals surface area contributed by atoms with Crippen LogP contribution >= 0.6 is 0 Å². The van der Waals surface area contributed by atoms with Crippen LogP contribution in [0.3, 0.4) is 0 Å². The zero-order valence-electron chi connectivity index (χ0n) is 12.9. The van der Waals surface area contributed by atoms with Crippen LogP contribution in [0.15, 0.2) is 60.7 Å². The SMILES string of the molecule is N#Cc1cc(-c2ccc(F)cc2)n(-c2ccccc2)n1.NS(N)(=O)=O. The average Bonchev–Trinajstić information content (AvgIpc) is 2.99. The Labute approximate surface area is 144 Å². The lowest BCUT2D eigenvalue weighted by molar-refractivity contribution is 0.599. The maximum atomic E-state index is 13.0. The van der Waals surface area contributed by atoms with E-state index in [1.54, 1.807) is 22.9 Å². The molecule has 0 bridgehead atoms. The fraction of sp³-hybridized carbons (Fsp3) is 0. The Morgan fingerprint density at radius 1 is 1.04 bits per heavy atom. The van der Waals surface area contributed by atoms with Crippen molar-refractivity contribution in [2.75, 3.05) is 0 Å². The number of nitrogens with two attached hydrogens (primary N) is 2. The molecule has 1 heterocycles. The lowest BCUT2D eigenvalue weighted by Gasteiger charge is -2.07. The fourth-order valence-corrected chi connectivity index (χ4v) is 2.03. The van der Waals surface area contributed by atoms with Gasteiger partial charge in [0.05, 0.1) is 11.4 Å². The molecule has 3 rings (SSSR count). The number of nitriles is 1. The van der Waals surface area contributed by atoms with Crippen molar-refractivity contribution in [3.05, 3.63) is 72.2 Å². The lowest BCUT2D eigenvalue weighted by Crippen LogP contribution is -2.21. The molecule has 0 fully saturated rings. The highest BCUT2D eigenvalue weighted by atomic mass is 32.2. The molecule has 0 aliphatic rings. The van der Waals surface area contributed by atoms with Gasteiger partial charge in [-0.15, -0.1) is 0 Å². The van der Waals surface area contributed by atoms with Gasteiger partial charge >= 0.3 is 0 Å². The maximum Gasteiger partial charge on any atom is 0.271 e. The fourth-order valence-electron chi connectivity index (χ4n) is 2.03. The Morgan fingerprint density at radius 2 is 1.60 bits per heavy atom. The molecule has 128 valence electrons. The summed E-state index contributed by atoms with van der Waals surface area (Å²) in [6.45, 7) is 0. The van der Waals surface area contributed by atoms with Gasteiger partial charge in [-0.3, -0.25) is 0 Å². The highest BCUT2D eigenvalue weighted by Crippen LogP contribution is 2.24. The molecule has 0 unspecified atom stereocenters. The molecule has 9 heteroatoms. The summed E-state index contributed by atoms with van der Waals surface area (Å²) in [5.74, 6) is -0.292. The Bertz CT molecular complexity index is 985. The van der Waals surface area contributed by atoms with Gasteiger partial charge in [0.1, 0.15) is 11.9 Å². The minimum Gasteiger partial charge on any atom is -0.232 e. The molecule has 2 aromatic carbocycles. The summed E-state index contributed by atoms with van der Waals surface area (Å²) in [4.78, 5) is 0. The van der Waals surface area contributed by atoms with Crippen LogP contribution in [0.25, 0.3) is 16.9 Å². The van der Waals surface area contributed by atoms with Crippen LogP contribution in [0, 0.1) is 17.1 Å². The van der Waals surface area contributed by atoms with Crippen molar-refractivity contribution >= 4 is 10.2 Å². The van der Waals surface area contributed by atoms with E-state index in [4.69, 9.17) is 5.26 Å². The summed E-state index contributed by atoms with van der Waals surface area (Å²) in [6.07, 6.45) is 0. The second kappa shape index (κ2) is 7.67. The lowest BCUT2D eigenvalue weighted by atomic mass is 10.1. The normalized spacial score (nSPS) is 10.5. The van der Waals surface area contributed by atoms with Crippen molar-refractivity contribution in [3.8, 4) is 23.0 Å². The molecule has 25 heavy (non-hydrogen) atoms. The first-order valence-corrected chi connectivity index (χ1v) is 8.51. The molecular weight excluding hydrogens is 345 g/mol. The zero-order chi connectivity index (χ0) is 18.4. The molecule has 0 spiro atoms. The molecule has 0 aliphatic carbocycles. The van der Waals surface area contributed by atoms with Gasteiger partial charge in [-0.25, -0.2) is 19.4 Å². The predicted molar refractivity (Wildman–Crippen MR) is 91.0 cm³/mol. The molecule has 0 atom stereocenters. The van der Waals surface area contributed by atoms with E-state index < -0.39 is 10.2 Å². The summed E-state index contributed by atoms with van der Waals surface area (Å²) in [7, 11) is -3.67. The highest BCUT2D eigenvalue weighted by molar-refractivity contribution is 7.86. The van der Waals surface area contributed by atoms with Crippen molar-refractivity contribution < 1.29 is 12.8 Å². The van der Waals surface area contributed by atoms with Crippen molar-refractivity contribution in [2.45, 2.75) is 0 Å². The summed E-state index contributed by atoms with van der Waals surface area (Å²) in [5, 5.41) is 21.5. The van der Waals surface area contributed by atoms with E-state index in [9.17, 15) is 12.8 Å². The first kappa shape index (κ1) is 18.3. The molecule has 0 saturated heterocycles. The van der Waals surface area contributed by atoms with E-state index in [0.717, 1.165) is 16.9 Å². The molecule has 0 amide bonds. The first-order valence-electron chi connectivity index (χ1n) is 6.90. The van der Waals surface area contributed by atoms with E-state index in [1.807, 2.05) is 36.4 Å². The number of hydrogen-bond acceptors (Lipinski definition) is 4. The monoisotopic (exact) mass is 359 g/mol. The third-order valence-electron chi connectivity index (χ3n) is 2.96. The number of aromatic nitrogens is 2. The van der Waals surface area contributed by atoms with E-state index >= 15 is 0 Å². The third kappa shape index (κ3) is 5.50. The molecule has 0 saturated carbocycles. The van der Waals surface area contributed by atoms with E-state index in [2.05, 4.69) is 15.4 Å². The second-order valence-corrected chi connectivity index (χ2v) is 6.05. The summed E-state index contributed by atoms with van der Waals surface area (Å²) in [6, 6.07) is 19.4. The van der Waals surface area contributed by atoms with Crippen molar-refractivity contribution in [1.82, 2.24) is 9.78 Å². The van der Waals surface area contributed by atoms with Gasteiger partial charge < -0.3 is 0 Å². The summed E-state index contributed by atoms with van der Waals surface area (Å²) in [5.41, 5.74) is 2.75. The van der Waals surface area contributed by atoms with Crippen LogP contribution in [-0.4, -0.2) is 18.2 Å². The summed E-state index contributed by atoms with van der Waals surface area (Å²) < 4.78 is 33.1. The average molecular weight is 359 g/mol. The van der Waals surface area contributed by atoms with Gasteiger partial charge in [0.2, 0.25) is 0 Å². The number of hydrogen-bond donors (Lipinski definition) is 2. The molecule has 1 aromatic heterocycles. The van der Waals surface area contributed by atoms with Gasteiger partial charge in [0.15, 0.2) is 5.69 Å². The van der Waals surface area contributed by atoms with Gasteiger partial charge in [0.25, 0.3) is 10.2 Å². The Balaban J connectivity index is 0.000000399. The van der Waals surface area contributed by atoms with Gasteiger partial charge in [0, 0.05) is 11.6 Å². The number of nitrogens with zero attached hydrogens (tertiary/aromatic N) is 3. The first-order chi connectivity index (χ1) is 11.8. The predicted octanol–water partition coefficient (Wildman–Crippen LogP) is 1.70.